The van der Waals surface area contributed by atoms with E-state index in [9.17, 15) is 5.11 Å². The van der Waals surface area contributed by atoms with Crippen molar-refractivity contribution in [3.63, 3.8) is 0 Å². The minimum atomic E-state index is 0.0334. The van der Waals surface area contributed by atoms with E-state index in [2.05, 4.69) is 70.0 Å². The molecule has 24 heavy (non-hydrogen) atoms. The van der Waals surface area contributed by atoms with Crippen molar-refractivity contribution in [1.29, 1.82) is 0 Å². The van der Waals surface area contributed by atoms with Crippen LogP contribution in [0.1, 0.15) is 50.3 Å². The number of allylic oxidation sites excluding steroid dienone is 1. The summed E-state index contributed by atoms with van der Waals surface area (Å²) >= 11 is 0. The maximum Gasteiger partial charge on any atom is 0.119 e. The number of rotatable bonds is 6. The van der Waals surface area contributed by atoms with E-state index < -0.39 is 0 Å². The van der Waals surface area contributed by atoms with Crippen LogP contribution in [0.3, 0.4) is 0 Å². The molecular formula is C22H29NO. The van der Waals surface area contributed by atoms with Crippen LogP contribution in [0.2, 0.25) is 0 Å². The Morgan fingerprint density at radius 1 is 0.917 bits per heavy atom. The molecule has 1 N–H and O–H groups in total. The Bertz CT molecular complexity index is 666. The lowest BCUT2D eigenvalue weighted by molar-refractivity contribution is 0.255. The normalized spacial score (nSPS) is 13.0. The summed E-state index contributed by atoms with van der Waals surface area (Å²) in [7, 11) is 0. The van der Waals surface area contributed by atoms with Gasteiger partial charge in [-0.15, -0.1) is 0 Å². The van der Waals surface area contributed by atoms with Crippen molar-refractivity contribution < 1.29 is 5.11 Å². The van der Waals surface area contributed by atoms with Crippen molar-refractivity contribution in [3.05, 3.63) is 77.5 Å². The minimum Gasteiger partial charge on any atom is -0.508 e. The van der Waals surface area contributed by atoms with E-state index in [0.29, 0.717) is 17.8 Å². The van der Waals surface area contributed by atoms with Gasteiger partial charge in [0.15, 0.2) is 0 Å². The van der Waals surface area contributed by atoms with Crippen molar-refractivity contribution in [2.75, 3.05) is 0 Å². The van der Waals surface area contributed by atoms with Gasteiger partial charge in [-0.1, -0.05) is 54.1 Å². The lowest BCUT2D eigenvalue weighted by atomic mass is 9.89. The Balaban J connectivity index is 2.46. The summed E-state index contributed by atoms with van der Waals surface area (Å²) in [6.45, 7) is 10.9. The van der Waals surface area contributed by atoms with Crippen LogP contribution in [0.4, 0.5) is 0 Å². The summed E-state index contributed by atoms with van der Waals surface area (Å²) in [6.07, 6.45) is 4.37. The summed E-state index contributed by atoms with van der Waals surface area (Å²) in [5, 5.41) is 10.4. The molecule has 2 heteroatoms. The second-order valence-electron chi connectivity index (χ2n) is 6.93. The molecule has 2 rings (SSSR count). The first-order chi connectivity index (χ1) is 11.4. The first-order valence-electron chi connectivity index (χ1n) is 8.70. The maximum atomic E-state index is 10.4. The highest BCUT2D eigenvalue weighted by atomic mass is 16.3. The summed E-state index contributed by atoms with van der Waals surface area (Å²) in [5.41, 5.74) is 3.29. The number of benzene rings is 2. The molecule has 2 aromatic rings. The SMILES string of the molecule is Cc1ccc(O)c(C(C=CN(C(C)C)C(C)C)c2ccccc2)c1. The molecular weight excluding hydrogens is 294 g/mol. The number of aryl methyl sites for hydroxylation is 1. The monoisotopic (exact) mass is 323 g/mol. The van der Waals surface area contributed by atoms with E-state index in [1.807, 2.05) is 24.3 Å². The summed E-state index contributed by atoms with van der Waals surface area (Å²) in [5.74, 6) is 0.380. The number of aromatic hydroxyl groups is 1. The van der Waals surface area contributed by atoms with E-state index in [1.54, 1.807) is 6.07 Å². The van der Waals surface area contributed by atoms with Crippen LogP contribution in [0.15, 0.2) is 60.8 Å². The van der Waals surface area contributed by atoms with Gasteiger partial charge in [-0.25, -0.2) is 0 Å². The van der Waals surface area contributed by atoms with Crippen molar-refractivity contribution in [1.82, 2.24) is 4.90 Å². The first kappa shape index (κ1) is 18.1. The summed E-state index contributed by atoms with van der Waals surface area (Å²) in [4.78, 5) is 2.34. The molecule has 0 bridgehead atoms. The van der Waals surface area contributed by atoms with Gasteiger partial charge < -0.3 is 10.0 Å². The fourth-order valence-corrected chi connectivity index (χ4v) is 3.10. The lowest BCUT2D eigenvalue weighted by Gasteiger charge is -2.30. The van der Waals surface area contributed by atoms with Gasteiger partial charge in [-0.05, 0) is 52.4 Å². The Morgan fingerprint density at radius 2 is 1.54 bits per heavy atom. The molecule has 0 aliphatic rings. The highest BCUT2D eigenvalue weighted by Gasteiger charge is 2.16. The van der Waals surface area contributed by atoms with Gasteiger partial charge in [0.2, 0.25) is 0 Å². The zero-order valence-corrected chi connectivity index (χ0v) is 15.4. The molecule has 2 nitrogen and oxygen atoms in total. The van der Waals surface area contributed by atoms with Crippen molar-refractivity contribution in [2.45, 2.75) is 52.6 Å². The van der Waals surface area contributed by atoms with E-state index in [4.69, 9.17) is 0 Å². The van der Waals surface area contributed by atoms with Gasteiger partial charge in [0.05, 0.1) is 0 Å². The second-order valence-corrected chi connectivity index (χ2v) is 6.93. The molecule has 1 atom stereocenters. The van der Waals surface area contributed by atoms with Crippen LogP contribution < -0.4 is 0 Å². The average molecular weight is 323 g/mol. The Labute approximate surface area is 146 Å². The first-order valence-corrected chi connectivity index (χ1v) is 8.70. The highest BCUT2D eigenvalue weighted by molar-refractivity contribution is 5.46. The van der Waals surface area contributed by atoms with E-state index >= 15 is 0 Å². The molecule has 0 aromatic heterocycles. The predicted octanol–water partition coefficient (Wildman–Crippen LogP) is 5.47. The number of nitrogens with zero attached hydrogens (tertiary/aromatic N) is 1. The van der Waals surface area contributed by atoms with Crippen LogP contribution in [-0.4, -0.2) is 22.1 Å². The quantitative estimate of drug-likeness (QED) is 0.762. The Morgan fingerprint density at radius 3 is 2.12 bits per heavy atom. The summed E-state index contributed by atoms with van der Waals surface area (Å²) < 4.78 is 0. The molecule has 0 saturated carbocycles. The molecule has 0 fully saturated rings. The third-order valence-corrected chi connectivity index (χ3v) is 4.32. The number of phenols is 1. The van der Waals surface area contributed by atoms with Gasteiger partial charge in [0, 0.05) is 23.6 Å². The Hall–Kier alpha value is -2.22. The van der Waals surface area contributed by atoms with Crippen molar-refractivity contribution in [2.24, 2.45) is 0 Å². The number of hydrogen-bond acceptors (Lipinski definition) is 2. The van der Waals surface area contributed by atoms with Crippen LogP contribution in [0, 0.1) is 6.92 Å². The molecule has 0 spiro atoms. The maximum absolute atomic E-state index is 10.4. The predicted molar refractivity (Wildman–Crippen MR) is 102 cm³/mol. The molecule has 0 amide bonds. The van der Waals surface area contributed by atoms with E-state index in [-0.39, 0.29) is 5.92 Å². The van der Waals surface area contributed by atoms with Crippen LogP contribution in [0.5, 0.6) is 5.75 Å². The largest absolute Gasteiger partial charge is 0.508 e. The molecule has 0 radical (unpaired) electrons. The molecule has 1 unspecified atom stereocenters. The van der Waals surface area contributed by atoms with Crippen molar-refractivity contribution >= 4 is 0 Å². The number of phenolic OH excluding ortho intramolecular Hbond substituents is 1. The zero-order valence-electron chi connectivity index (χ0n) is 15.4. The van der Waals surface area contributed by atoms with Gasteiger partial charge in [-0.2, -0.15) is 0 Å². The third kappa shape index (κ3) is 4.41. The molecule has 128 valence electrons. The van der Waals surface area contributed by atoms with E-state index in [1.165, 1.54) is 5.56 Å². The smallest absolute Gasteiger partial charge is 0.119 e. The standard InChI is InChI=1S/C22H29NO/c1-16(2)23(17(3)4)14-13-20(19-9-7-6-8-10-19)21-15-18(5)11-12-22(21)24/h6-17,20,24H,1-5H3. The zero-order chi connectivity index (χ0) is 17.7. The number of hydrogen-bond donors (Lipinski definition) is 1. The fourth-order valence-electron chi connectivity index (χ4n) is 3.10. The van der Waals surface area contributed by atoms with Crippen LogP contribution in [0.25, 0.3) is 0 Å². The topological polar surface area (TPSA) is 23.5 Å². The highest BCUT2D eigenvalue weighted by Crippen LogP contribution is 2.33. The molecule has 0 saturated heterocycles. The van der Waals surface area contributed by atoms with E-state index in [0.717, 1.165) is 11.1 Å². The van der Waals surface area contributed by atoms with Gasteiger partial charge in [0.25, 0.3) is 0 Å². The lowest BCUT2D eigenvalue weighted by Crippen LogP contribution is -2.32. The van der Waals surface area contributed by atoms with Crippen molar-refractivity contribution in [3.8, 4) is 5.75 Å². The van der Waals surface area contributed by atoms with Crippen LogP contribution >= 0.6 is 0 Å². The molecule has 0 aliphatic heterocycles. The Kier molecular flexibility index (Phi) is 6.08. The third-order valence-electron chi connectivity index (χ3n) is 4.32. The van der Waals surface area contributed by atoms with Gasteiger partial charge in [0.1, 0.15) is 5.75 Å². The molecule has 0 aliphatic carbocycles. The fraction of sp³-hybridized carbons (Fsp3) is 0.364. The van der Waals surface area contributed by atoms with Gasteiger partial charge >= 0.3 is 0 Å². The average Bonchev–Trinajstić information content (AvgIpc) is 2.54. The van der Waals surface area contributed by atoms with Crippen LogP contribution in [-0.2, 0) is 0 Å². The van der Waals surface area contributed by atoms with Gasteiger partial charge in [-0.3, -0.25) is 0 Å². The molecule has 2 aromatic carbocycles. The summed E-state index contributed by atoms with van der Waals surface area (Å²) in [6, 6.07) is 17.0. The second kappa shape index (κ2) is 8.05. The minimum absolute atomic E-state index is 0.0334. The molecule has 0 heterocycles.